The van der Waals surface area contributed by atoms with E-state index in [0.717, 1.165) is 0 Å². The molecular formula is C16H12ClN3O2. The molecule has 0 aliphatic rings. The fourth-order valence-electron chi connectivity index (χ4n) is 1.79. The first-order valence-electron chi connectivity index (χ1n) is 6.39. The van der Waals surface area contributed by atoms with Crippen LogP contribution in [0.15, 0.2) is 42.5 Å². The van der Waals surface area contributed by atoms with E-state index in [2.05, 4.69) is 10.6 Å². The normalized spacial score (nSPS) is 9.68. The maximum Gasteiger partial charge on any atom is 0.314 e. The molecule has 2 rings (SSSR count). The molecule has 2 aromatic rings. The molecule has 0 bridgehead atoms. The summed E-state index contributed by atoms with van der Waals surface area (Å²) in [5, 5.41) is 14.3. The summed E-state index contributed by atoms with van der Waals surface area (Å²) >= 11 is 5.96. The summed E-state index contributed by atoms with van der Waals surface area (Å²) in [4.78, 5) is 23.8. The summed E-state index contributed by atoms with van der Waals surface area (Å²) < 4.78 is 0. The molecule has 0 saturated heterocycles. The number of halogens is 1. The van der Waals surface area contributed by atoms with Crippen molar-refractivity contribution in [1.29, 1.82) is 5.26 Å². The van der Waals surface area contributed by atoms with Gasteiger partial charge < -0.3 is 10.6 Å². The molecule has 0 aromatic heterocycles. The van der Waals surface area contributed by atoms with Crippen molar-refractivity contribution < 1.29 is 9.59 Å². The minimum absolute atomic E-state index is 0.280. The molecule has 2 amide bonds. The Morgan fingerprint density at radius 2 is 1.59 bits per heavy atom. The first-order valence-corrected chi connectivity index (χ1v) is 6.77. The average Bonchev–Trinajstić information content (AvgIpc) is 2.52. The third-order valence-corrected chi connectivity index (χ3v) is 3.43. The van der Waals surface area contributed by atoms with E-state index in [1.54, 1.807) is 49.4 Å². The van der Waals surface area contributed by atoms with Crippen LogP contribution in [0.1, 0.15) is 11.1 Å². The Hall–Kier alpha value is -2.84. The Kier molecular flexibility index (Phi) is 4.77. The number of amides is 2. The SMILES string of the molecule is Cc1c(Cl)cccc1NC(=O)C(=O)Nc1ccccc1C#N. The van der Waals surface area contributed by atoms with E-state index in [-0.39, 0.29) is 11.3 Å². The number of anilines is 2. The minimum Gasteiger partial charge on any atom is -0.317 e. The van der Waals surface area contributed by atoms with Gasteiger partial charge in [0.25, 0.3) is 0 Å². The summed E-state index contributed by atoms with van der Waals surface area (Å²) in [6, 6.07) is 13.4. The van der Waals surface area contributed by atoms with Gasteiger partial charge >= 0.3 is 11.8 Å². The number of carbonyl (C=O) groups excluding carboxylic acids is 2. The number of hydrogen-bond acceptors (Lipinski definition) is 3. The smallest absolute Gasteiger partial charge is 0.314 e. The maximum absolute atomic E-state index is 11.9. The lowest BCUT2D eigenvalue weighted by molar-refractivity contribution is -0.133. The summed E-state index contributed by atoms with van der Waals surface area (Å²) in [5.74, 6) is -1.69. The van der Waals surface area contributed by atoms with Crippen molar-refractivity contribution in [3.8, 4) is 6.07 Å². The number of carbonyl (C=O) groups is 2. The molecule has 0 aliphatic carbocycles. The minimum atomic E-state index is -0.859. The van der Waals surface area contributed by atoms with Gasteiger partial charge in [0.1, 0.15) is 6.07 Å². The Balaban J connectivity index is 2.12. The summed E-state index contributed by atoms with van der Waals surface area (Å²) in [6.07, 6.45) is 0. The zero-order chi connectivity index (χ0) is 16.1. The van der Waals surface area contributed by atoms with Crippen LogP contribution in [0.4, 0.5) is 11.4 Å². The molecule has 0 unspecified atom stereocenters. The highest BCUT2D eigenvalue weighted by Gasteiger charge is 2.16. The molecule has 5 nitrogen and oxygen atoms in total. The van der Waals surface area contributed by atoms with Crippen molar-refractivity contribution in [2.75, 3.05) is 10.6 Å². The number of para-hydroxylation sites is 1. The lowest BCUT2D eigenvalue weighted by atomic mass is 10.2. The van der Waals surface area contributed by atoms with Gasteiger partial charge in [-0.15, -0.1) is 0 Å². The van der Waals surface area contributed by atoms with Gasteiger partial charge in [-0.3, -0.25) is 9.59 Å². The van der Waals surface area contributed by atoms with Crippen molar-refractivity contribution >= 4 is 34.8 Å². The molecule has 2 N–H and O–H groups in total. The highest BCUT2D eigenvalue weighted by Crippen LogP contribution is 2.23. The average molecular weight is 314 g/mol. The molecule has 2 aromatic carbocycles. The van der Waals surface area contributed by atoms with Crippen LogP contribution in [0.3, 0.4) is 0 Å². The topological polar surface area (TPSA) is 82.0 Å². The summed E-state index contributed by atoms with van der Waals surface area (Å²) in [6.45, 7) is 1.74. The fourth-order valence-corrected chi connectivity index (χ4v) is 1.97. The van der Waals surface area contributed by atoms with Gasteiger partial charge in [-0.05, 0) is 36.8 Å². The molecule has 0 saturated carbocycles. The number of nitriles is 1. The molecule has 110 valence electrons. The van der Waals surface area contributed by atoms with Gasteiger partial charge in [-0.2, -0.15) is 5.26 Å². The monoisotopic (exact) mass is 313 g/mol. The Bertz CT molecular complexity index is 781. The second kappa shape index (κ2) is 6.74. The molecule has 22 heavy (non-hydrogen) atoms. The quantitative estimate of drug-likeness (QED) is 0.836. The highest BCUT2D eigenvalue weighted by atomic mass is 35.5. The van der Waals surface area contributed by atoms with E-state index in [1.165, 1.54) is 0 Å². The van der Waals surface area contributed by atoms with Gasteiger partial charge in [-0.25, -0.2) is 0 Å². The molecule has 0 heterocycles. The van der Waals surface area contributed by atoms with Gasteiger partial charge in [-0.1, -0.05) is 29.8 Å². The first-order chi connectivity index (χ1) is 10.5. The van der Waals surface area contributed by atoms with Crippen molar-refractivity contribution in [3.05, 3.63) is 58.6 Å². The zero-order valence-electron chi connectivity index (χ0n) is 11.7. The third-order valence-electron chi connectivity index (χ3n) is 3.02. The summed E-state index contributed by atoms with van der Waals surface area (Å²) in [5.41, 5.74) is 1.69. The molecule has 0 radical (unpaired) electrons. The molecule has 6 heteroatoms. The van der Waals surface area contributed by atoms with Gasteiger partial charge in [0.05, 0.1) is 11.3 Å². The first kappa shape index (κ1) is 15.5. The fraction of sp³-hybridized carbons (Fsp3) is 0.0625. The molecule has 0 aliphatic heterocycles. The Labute approximate surface area is 132 Å². The maximum atomic E-state index is 11.9. The highest BCUT2D eigenvalue weighted by molar-refractivity contribution is 6.44. The van der Waals surface area contributed by atoms with Crippen molar-refractivity contribution in [2.24, 2.45) is 0 Å². The van der Waals surface area contributed by atoms with Crippen LogP contribution in [-0.4, -0.2) is 11.8 Å². The van der Waals surface area contributed by atoms with E-state index >= 15 is 0 Å². The van der Waals surface area contributed by atoms with E-state index in [0.29, 0.717) is 16.3 Å². The summed E-state index contributed by atoms with van der Waals surface area (Å²) in [7, 11) is 0. The lowest BCUT2D eigenvalue weighted by Gasteiger charge is -2.10. The van der Waals surface area contributed by atoms with E-state index in [4.69, 9.17) is 16.9 Å². The standard InChI is InChI=1S/C16H12ClN3O2/c1-10-12(17)6-4-8-13(10)19-15(21)16(22)20-14-7-3-2-5-11(14)9-18/h2-8H,1H3,(H,19,21)(H,20,22). The zero-order valence-corrected chi connectivity index (χ0v) is 12.4. The van der Waals surface area contributed by atoms with Gasteiger partial charge in [0, 0.05) is 10.7 Å². The van der Waals surface area contributed by atoms with E-state index in [9.17, 15) is 9.59 Å². The number of benzene rings is 2. The van der Waals surface area contributed by atoms with Gasteiger partial charge in [0.15, 0.2) is 0 Å². The second-order valence-electron chi connectivity index (χ2n) is 4.48. The molecule has 0 fully saturated rings. The molecule has 0 atom stereocenters. The number of rotatable bonds is 2. The number of nitrogens with zero attached hydrogens (tertiary/aromatic N) is 1. The van der Waals surface area contributed by atoms with Crippen LogP contribution in [0.5, 0.6) is 0 Å². The van der Waals surface area contributed by atoms with Crippen LogP contribution in [0, 0.1) is 18.3 Å². The lowest BCUT2D eigenvalue weighted by Crippen LogP contribution is -2.29. The Morgan fingerprint density at radius 3 is 2.27 bits per heavy atom. The van der Waals surface area contributed by atoms with Crippen molar-refractivity contribution in [1.82, 2.24) is 0 Å². The van der Waals surface area contributed by atoms with Crippen molar-refractivity contribution in [2.45, 2.75) is 6.92 Å². The number of nitrogens with one attached hydrogen (secondary N) is 2. The van der Waals surface area contributed by atoms with E-state index < -0.39 is 11.8 Å². The van der Waals surface area contributed by atoms with Crippen LogP contribution in [0.2, 0.25) is 5.02 Å². The second-order valence-corrected chi connectivity index (χ2v) is 4.89. The van der Waals surface area contributed by atoms with Crippen molar-refractivity contribution in [3.63, 3.8) is 0 Å². The van der Waals surface area contributed by atoms with Gasteiger partial charge in [0.2, 0.25) is 0 Å². The molecule has 0 spiro atoms. The Morgan fingerprint density at radius 1 is 1.00 bits per heavy atom. The third kappa shape index (κ3) is 3.43. The predicted molar refractivity (Wildman–Crippen MR) is 84.6 cm³/mol. The van der Waals surface area contributed by atoms with E-state index in [1.807, 2.05) is 6.07 Å². The van der Waals surface area contributed by atoms with Crippen LogP contribution >= 0.6 is 11.6 Å². The largest absolute Gasteiger partial charge is 0.317 e. The van der Waals surface area contributed by atoms with Crippen LogP contribution in [0.25, 0.3) is 0 Å². The van der Waals surface area contributed by atoms with Crippen LogP contribution < -0.4 is 10.6 Å². The number of hydrogen-bond donors (Lipinski definition) is 2. The predicted octanol–water partition coefficient (Wildman–Crippen LogP) is 3.10. The van der Waals surface area contributed by atoms with Crippen LogP contribution in [-0.2, 0) is 9.59 Å². The molecular weight excluding hydrogens is 302 g/mol.